The number of nitrogens with zero attached hydrogens (tertiary/aromatic N) is 2. The average molecular weight is 326 g/mol. The van der Waals surface area contributed by atoms with Gasteiger partial charge in [0.1, 0.15) is 5.69 Å². The highest BCUT2D eigenvalue weighted by Crippen LogP contribution is 2.22. The Bertz CT molecular complexity index is 742. The minimum atomic E-state index is -0.387. The van der Waals surface area contributed by atoms with Crippen molar-refractivity contribution >= 4 is 23.5 Å². The third-order valence-corrected chi connectivity index (χ3v) is 3.45. The average Bonchev–Trinajstić information content (AvgIpc) is 3.40. The van der Waals surface area contributed by atoms with Crippen molar-refractivity contribution < 1.29 is 14.3 Å². The lowest BCUT2D eigenvalue weighted by Crippen LogP contribution is -2.16. The predicted octanol–water partition coefficient (Wildman–Crippen LogP) is 2.48. The molecule has 1 aliphatic rings. The van der Waals surface area contributed by atoms with Crippen LogP contribution < -0.4 is 10.6 Å². The van der Waals surface area contributed by atoms with Gasteiger partial charge in [0.05, 0.1) is 12.2 Å². The van der Waals surface area contributed by atoms with E-state index in [-0.39, 0.29) is 17.6 Å². The van der Waals surface area contributed by atoms with E-state index in [0.717, 1.165) is 12.8 Å². The maximum Gasteiger partial charge on any atom is 0.338 e. The quantitative estimate of drug-likeness (QED) is 0.792. The van der Waals surface area contributed by atoms with Gasteiger partial charge in [-0.3, -0.25) is 4.79 Å². The summed E-state index contributed by atoms with van der Waals surface area (Å²) in [5.74, 6) is -0.259. The Morgan fingerprint density at radius 2 is 1.96 bits per heavy atom. The molecule has 124 valence electrons. The van der Waals surface area contributed by atoms with E-state index in [1.165, 1.54) is 0 Å². The molecule has 0 radical (unpaired) electrons. The van der Waals surface area contributed by atoms with E-state index in [1.54, 1.807) is 43.5 Å². The van der Waals surface area contributed by atoms with E-state index in [9.17, 15) is 9.59 Å². The molecular formula is C17H18N4O3. The van der Waals surface area contributed by atoms with Gasteiger partial charge in [0.2, 0.25) is 5.95 Å². The van der Waals surface area contributed by atoms with Crippen molar-refractivity contribution in [3.8, 4) is 0 Å². The number of benzene rings is 1. The van der Waals surface area contributed by atoms with Crippen LogP contribution in [0.1, 0.15) is 40.6 Å². The summed E-state index contributed by atoms with van der Waals surface area (Å²) in [7, 11) is 0. The van der Waals surface area contributed by atoms with E-state index < -0.39 is 0 Å². The highest BCUT2D eigenvalue weighted by molar-refractivity contribution is 6.03. The number of carbonyl (C=O) groups excluding carboxylic acids is 2. The molecule has 1 heterocycles. The fourth-order valence-corrected chi connectivity index (χ4v) is 2.06. The van der Waals surface area contributed by atoms with Crippen molar-refractivity contribution in [2.75, 3.05) is 17.2 Å². The molecule has 24 heavy (non-hydrogen) atoms. The van der Waals surface area contributed by atoms with Crippen LogP contribution in [0.2, 0.25) is 0 Å². The fourth-order valence-electron chi connectivity index (χ4n) is 2.06. The first-order chi connectivity index (χ1) is 11.7. The Labute approximate surface area is 139 Å². The van der Waals surface area contributed by atoms with Crippen molar-refractivity contribution in [2.45, 2.75) is 25.8 Å². The molecule has 1 saturated carbocycles. The first-order valence-electron chi connectivity index (χ1n) is 7.84. The number of anilines is 2. The van der Waals surface area contributed by atoms with Crippen LogP contribution in [0, 0.1) is 0 Å². The van der Waals surface area contributed by atoms with Gasteiger partial charge in [-0.25, -0.2) is 14.8 Å². The summed E-state index contributed by atoms with van der Waals surface area (Å²) in [6.07, 6.45) is 3.76. The lowest BCUT2D eigenvalue weighted by Gasteiger charge is -2.07. The second kappa shape index (κ2) is 7.08. The molecule has 1 amide bonds. The summed E-state index contributed by atoms with van der Waals surface area (Å²) >= 11 is 0. The van der Waals surface area contributed by atoms with Crippen LogP contribution in [0.15, 0.2) is 36.5 Å². The van der Waals surface area contributed by atoms with Crippen LogP contribution in [-0.2, 0) is 4.74 Å². The summed E-state index contributed by atoms with van der Waals surface area (Å²) in [6, 6.07) is 8.48. The van der Waals surface area contributed by atoms with Gasteiger partial charge in [0.15, 0.2) is 0 Å². The molecule has 3 rings (SSSR count). The van der Waals surface area contributed by atoms with Crippen molar-refractivity contribution in [1.29, 1.82) is 0 Å². The minimum absolute atomic E-state index is 0.280. The summed E-state index contributed by atoms with van der Waals surface area (Å²) in [6.45, 7) is 2.07. The van der Waals surface area contributed by atoms with E-state index in [1.807, 2.05) is 0 Å². The molecule has 0 aliphatic heterocycles. The summed E-state index contributed by atoms with van der Waals surface area (Å²) in [5, 5.41) is 5.90. The van der Waals surface area contributed by atoms with E-state index >= 15 is 0 Å². The predicted molar refractivity (Wildman–Crippen MR) is 89.0 cm³/mol. The van der Waals surface area contributed by atoms with Crippen LogP contribution in [0.5, 0.6) is 0 Å². The lowest BCUT2D eigenvalue weighted by molar-refractivity contribution is 0.0526. The van der Waals surface area contributed by atoms with Crippen molar-refractivity contribution in [1.82, 2.24) is 9.97 Å². The van der Waals surface area contributed by atoms with Gasteiger partial charge in [-0.15, -0.1) is 0 Å². The zero-order valence-corrected chi connectivity index (χ0v) is 13.3. The first kappa shape index (κ1) is 15.9. The number of hydrogen-bond acceptors (Lipinski definition) is 6. The molecule has 1 fully saturated rings. The zero-order valence-electron chi connectivity index (χ0n) is 13.3. The normalized spacial score (nSPS) is 13.2. The Kier molecular flexibility index (Phi) is 4.69. The SMILES string of the molecule is CCOC(=O)c1ccc(NC(=O)c2ccnc(NC3CC3)n2)cc1. The van der Waals surface area contributed by atoms with E-state index in [4.69, 9.17) is 4.74 Å². The van der Waals surface area contributed by atoms with Crippen LogP contribution in [0.3, 0.4) is 0 Å². The van der Waals surface area contributed by atoms with Gasteiger partial charge in [0.25, 0.3) is 5.91 Å². The maximum atomic E-state index is 12.3. The topological polar surface area (TPSA) is 93.2 Å². The largest absolute Gasteiger partial charge is 0.462 e. The van der Waals surface area contributed by atoms with Gasteiger partial charge in [-0.2, -0.15) is 0 Å². The summed E-state index contributed by atoms with van der Waals surface area (Å²) < 4.78 is 4.92. The molecular weight excluding hydrogens is 308 g/mol. The van der Waals surface area contributed by atoms with Crippen molar-refractivity contribution in [2.24, 2.45) is 0 Å². The highest BCUT2D eigenvalue weighted by atomic mass is 16.5. The molecule has 7 heteroatoms. The van der Waals surface area contributed by atoms with Crippen LogP contribution in [0.25, 0.3) is 0 Å². The Hall–Kier alpha value is -2.96. The third kappa shape index (κ3) is 4.07. The molecule has 0 spiro atoms. The monoisotopic (exact) mass is 326 g/mol. The second-order valence-corrected chi connectivity index (χ2v) is 5.44. The Morgan fingerprint density at radius 1 is 1.21 bits per heavy atom. The molecule has 1 aromatic heterocycles. The van der Waals surface area contributed by atoms with Crippen molar-refractivity contribution in [3.63, 3.8) is 0 Å². The van der Waals surface area contributed by atoms with Gasteiger partial charge < -0.3 is 15.4 Å². The Balaban J connectivity index is 1.64. The van der Waals surface area contributed by atoms with Gasteiger partial charge in [-0.05, 0) is 50.1 Å². The fraction of sp³-hybridized carbons (Fsp3) is 0.294. The van der Waals surface area contributed by atoms with Gasteiger partial charge >= 0.3 is 5.97 Å². The lowest BCUT2D eigenvalue weighted by atomic mass is 10.2. The third-order valence-electron chi connectivity index (χ3n) is 3.45. The van der Waals surface area contributed by atoms with Gasteiger partial charge in [0, 0.05) is 17.9 Å². The second-order valence-electron chi connectivity index (χ2n) is 5.44. The molecule has 2 N–H and O–H groups in total. The molecule has 1 aromatic carbocycles. The standard InChI is InChI=1S/C17H18N4O3/c1-2-24-16(23)11-3-5-12(6-4-11)19-15(22)14-9-10-18-17(21-14)20-13-7-8-13/h3-6,9-10,13H,2,7-8H2,1H3,(H,19,22)(H,18,20,21). The molecule has 0 saturated heterocycles. The number of rotatable bonds is 6. The molecule has 0 unspecified atom stereocenters. The number of hydrogen-bond donors (Lipinski definition) is 2. The zero-order chi connectivity index (χ0) is 16.9. The smallest absolute Gasteiger partial charge is 0.338 e. The van der Waals surface area contributed by atoms with Crippen LogP contribution in [-0.4, -0.2) is 34.5 Å². The first-order valence-corrected chi connectivity index (χ1v) is 7.84. The number of nitrogens with one attached hydrogen (secondary N) is 2. The Morgan fingerprint density at radius 3 is 2.62 bits per heavy atom. The number of esters is 1. The maximum absolute atomic E-state index is 12.3. The molecule has 2 aromatic rings. The number of carbonyl (C=O) groups is 2. The number of amides is 1. The molecule has 0 bridgehead atoms. The van der Waals surface area contributed by atoms with E-state index in [2.05, 4.69) is 20.6 Å². The highest BCUT2D eigenvalue weighted by Gasteiger charge is 2.22. The number of aromatic nitrogens is 2. The van der Waals surface area contributed by atoms with Gasteiger partial charge in [-0.1, -0.05) is 0 Å². The summed E-state index contributed by atoms with van der Waals surface area (Å²) in [5.41, 5.74) is 1.29. The number of ether oxygens (including phenoxy) is 1. The van der Waals surface area contributed by atoms with E-state index in [0.29, 0.717) is 29.8 Å². The van der Waals surface area contributed by atoms with Crippen LogP contribution >= 0.6 is 0 Å². The minimum Gasteiger partial charge on any atom is -0.462 e. The van der Waals surface area contributed by atoms with Crippen LogP contribution in [0.4, 0.5) is 11.6 Å². The van der Waals surface area contributed by atoms with Crippen molar-refractivity contribution in [3.05, 3.63) is 47.8 Å². The molecule has 7 nitrogen and oxygen atoms in total. The summed E-state index contributed by atoms with van der Waals surface area (Å²) in [4.78, 5) is 32.2. The molecule has 0 atom stereocenters. The molecule has 1 aliphatic carbocycles.